The molecule has 3 aliphatic heterocycles. The predicted molar refractivity (Wildman–Crippen MR) is 98.2 cm³/mol. The molecular weight excluding hydrogens is 316 g/mol. The average molecular weight is 344 g/mol. The third kappa shape index (κ3) is 3.81. The van der Waals surface area contributed by atoms with Crippen molar-refractivity contribution >= 4 is 11.6 Å². The molecule has 3 heterocycles. The van der Waals surface area contributed by atoms with Crippen molar-refractivity contribution in [2.75, 3.05) is 70.5 Å². The molecule has 1 aromatic rings. The fourth-order valence-electron chi connectivity index (χ4n) is 4.09. The molecule has 1 N–H and O–H groups in total. The molecule has 136 valence electrons. The second kappa shape index (κ2) is 7.72. The highest BCUT2D eigenvalue weighted by atomic mass is 16.5. The zero-order valence-corrected chi connectivity index (χ0v) is 14.8. The molecule has 4 rings (SSSR count). The molecule has 1 amide bonds. The fourth-order valence-corrected chi connectivity index (χ4v) is 4.09. The minimum atomic E-state index is 0.172. The molecule has 0 saturated carbocycles. The molecule has 1 unspecified atom stereocenters. The Morgan fingerprint density at radius 1 is 1.00 bits per heavy atom. The normalized spacial score (nSPS) is 25.4. The first-order chi connectivity index (χ1) is 12.3. The molecule has 6 heteroatoms. The van der Waals surface area contributed by atoms with Crippen LogP contribution in [0.25, 0.3) is 0 Å². The number of carbonyl (C=O) groups is 1. The Labute approximate surface area is 149 Å². The van der Waals surface area contributed by atoms with Crippen molar-refractivity contribution in [2.45, 2.75) is 12.5 Å². The van der Waals surface area contributed by atoms with Crippen molar-refractivity contribution in [3.63, 3.8) is 0 Å². The van der Waals surface area contributed by atoms with Gasteiger partial charge in [-0.2, -0.15) is 0 Å². The molecule has 0 radical (unpaired) electrons. The lowest BCUT2D eigenvalue weighted by Gasteiger charge is -2.32. The third-order valence-electron chi connectivity index (χ3n) is 5.61. The summed E-state index contributed by atoms with van der Waals surface area (Å²) in [6, 6.07) is 8.63. The molecular formula is C19H28N4O2. The number of hydrogen-bond donors (Lipinski definition) is 1. The number of piperazine rings is 1. The molecule has 6 nitrogen and oxygen atoms in total. The molecule has 3 fully saturated rings. The quantitative estimate of drug-likeness (QED) is 0.872. The van der Waals surface area contributed by atoms with E-state index in [4.69, 9.17) is 4.74 Å². The van der Waals surface area contributed by atoms with Crippen molar-refractivity contribution < 1.29 is 9.53 Å². The van der Waals surface area contributed by atoms with E-state index in [0.717, 1.165) is 77.6 Å². The zero-order chi connectivity index (χ0) is 17.1. The number of ether oxygens (including phenoxy) is 1. The summed E-state index contributed by atoms with van der Waals surface area (Å²) in [5.41, 5.74) is 1.98. The summed E-state index contributed by atoms with van der Waals surface area (Å²) in [4.78, 5) is 19.7. The number of amides is 1. The van der Waals surface area contributed by atoms with Crippen molar-refractivity contribution in [2.24, 2.45) is 0 Å². The number of likely N-dealkylation sites (tertiary alicyclic amines) is 1. The van der Waals surface area contributed by atoms with Crippen LogP contribution in [0.2, 0.25) is 0 Å². The van der Waals surface area contributed by atoms with E-state index in [1.54, 1.807) is 0 Å². The summed E-state index contributed by atoms with van der Waals surface area (Å²) in [5.74, 6) is 0.172. The van der Waals surface area contributed by atoms with Gasteiger partial charge in [-0.1, -0.05) is 0 Å². The van der Waals surface area contributed by atoms with Crippen molar-refractivity contribution in [3.05, 3.63) is 29.8 Å². The molecule has 0 spiro atoms. The number of hydrogen-bond acceptors (Lipinski definition) is 5. The summed E-state index contributed by atoms with van der Waals surface area (Å²) in [6.45, 7) is 9.47. The lowest BCUT2D eigenvalue weighted by atomic mass is 10.1. The Hall–Kier alpha value is -1.63. The molecule has 25 heavy (non-hydrogen) atoms. The van der Waals surface area contributed by atoms with E-state index in [2.05, 4.69) is 27.2 Å². The second-order valence-electron chi connectivity index (χ2n) is 7.13. The van der Waals surface area contributed by atoms with Gasteiger partial charge in [0.15, 0.2) is 0 Å². The summed E-state index contributed by atoms with van der Waals surface area (Å²) in [5, 5.41) is 3.40. The number of benzene rings is 1. The molecule has 0 aliphatic carbocycles. The van der Waals surface area contributed by atoms with Gasteiger partial charge in [0.05, 0.1) is 13.2 Å². The standard InChI is InChI=1S/C19H28N4O2/c24-19(23-8-5-18(15-23)21-9-6-20-7-10-21)16-1-3-17(4-2-16)22-11-13-25-14-12-22/h1-4,18,20H,5-15H2. The Bertz CT molecular complexity index is 580. The Morgan fingerprint density at radius 3 is 2.44 bits per heavy atom. The van der Waals surface area contributed by atoms with Gasteiger partial charge in [-0.3, -0.25) is 9.69 Å². The van der Waals surface area contributed by atoms with Gasteiger partial charge in [-0.15, -0.1) is 0 Å². The van der Waals surface area contributed by atoms with E-state index < -0.39 is 0 Å². The summed E-state index contributed by atoms with van der Waals surface area (Å²) < 4.78 is 5.40. The topological polar surface area (TPSA) is 48.1 Å². The smallest absolute Gasteiger partial charge is 0.253 e. The monoisotopic (exact) mass is 344 g/mol. The van der Waals surface area contributed by atoms with E-state index in [1.807, 2.05) is 17.0 Å². The molecule has 3 aliphatic rings. The largest absolute Gasteiger partial charge is 0.378 e. The van der Waals surface area contributed by atoms with Crippen LogP contribution in [0.3, 0.4) is 0 Å². The van der Waals surface area contributed by atoms with Gasteiger partial charge in [-0.05, 0) is 30.7 Å². The number of nitrogens with zero attached hydrogens (tertiary/aromatic N) is 3. The van der Waals surface area contributed by atoms with Crippen LogP contribution in [-0.2, 0) is 4.74 Å². The summed E-state index contributed by atoms with van der Waals surface area (Å²) >= 11 is 0. The van der Waals surface area contributed by atoms with Crippen molar-refractivity contribution in [3.8, 4) is 0 Å². The van der Waals surface area contributed by atoms with Gasteiger partial charge in [0.1, 0.15) is 0 Å². The van der Waals surface area contributed by atoms with Gasteiger partial charge < -0.3 is 19.9 Å². The minimum Gasteiger partial charge on any atom is -0.378 e. The third-order valence-corrected chi connectivity index (χ3v) is 5.61. The molecule has 3 saturated heterocycles. The maximum absolute atomic E-state index is 12.8. The van der Waals surface area contributed by atoms with Crippen LogP contribution in [0.5, 0.6) is 0 Å². The van der Waals surface area contributed by atoms with Crippen LogP contribution in [0.1, 0.15) is 16.8 Å². The van der Waals surface area contributed by atoms with E-state index in [9.17, 15) is 4.79 Å². The van der Waals surface area contributed by atoms with Gasteiger partial charge in [0, 0.05) is 69.7 Å². The number of morpholine rings is 1. The minimum absolute atomic E-state index is 0.172. The Morgan fingerprint density at radius 2 is 1.72 bits per heavy atom. The van der Waals surface area contributed by atoms with E-state index in [1.165, 1.54) is 5.69 Å². The fraction of sp³-hybridized carbons (Fsp3) is 0.632. The zero-order valence-electron chi connectivity index (χ0n) is 14.8. The van der Waals surface area contributed by atoms with Gasteiger partial charge in [0.25, 0.3) is 5.91 Å². The number of rotatable bonds is 3. The number of anilines is 1. The predicted octanol–water partition coefficient (Wildman–Crippen LogP) is 0.643. The highest BCUT2D eigenvalue weighted by Crippen LogP contribution is 2.21. The van der Waals surface area contributed by atoms with Crippen LogP contribution in [0, 0.1) is 0 Å². The van der Waals surface area contributed by atoms with Crippen LogP contribution in [0.15, 0.2) is 24.3 Å². The Kier molecular flexibility index (Phi) is 5.20. The molecule has 1 aromatic carbocycles. The van der Waals surface area contributed by atoms with Crippen LogP contribution in [0.4, 0.5) is 5.69 Å². The molecule has 0 bridgehead atoms. The van der Waals surface area contributed by atoms with Gasteiger partial charge >= 0.3 is 0 Å². The summed E-state index contributed by atoms with van der Waals surface area (Å²) in [6.07, 6.45) is 1.09. The van der Waals surface area contributed by atoms with E-state index >= 15 is 0 Å². The summed E-state index contributed by atoms with van der Waals surface area (Å²) in [7, 11) is 0. The first-order valence-electron chi connectivity index (χ1n) is 9.48. The maximum atomic E-state index is 12.8. The highest BCUT2D eigenvalue weighted by molar-refractivity contribution is 5.94. The highest BCUT2D eigenvalue weighted by Gasteiger charge is 2.31. The molecule has 1 atom stereocenters. The van der Waals surface area contributed by atoms with Crippen molar-refractivity contribution in [1.82, 2.24) is 15.1 Å². The average Bonchev–Trinajstić information content (AvgIpc) is 3.19. The van der Waals surface area contributed by atoms with Crippen LogP contribution in [-0.4, -0.2) is 87.3 Å². The maximum Gasteiger partial charge on any atom is 0.253 e. The lowest BCUT2D eigenvalue weighted by Crippen LogP contribution is -2.49. The first-order valence-corrected chi connectivity index (χ1v) is 9.48. The van der Waals surface area contributed by atoms with Crippen LogP contribution >= 0.6 is 0 Å². The van der Waals surface area contributed by atoms with Crippen LogP contribution < -0.4 is 10.2 Å². The van der Waals surface area contributed by atoms with Gasteiger partial charge in [0.2, 0.25) is 0 Å². The molecule has 0 aromatic heterocycles. The van der Waals surface area contributed by atoms with Crippen molar-refractivity contribution in [1.29, 1.82) is 0 Å². The SMILES string of the molecule is O=C(c1ccc(N2CCOCC2)cc1)N1CCC(N2CCNCC2)C1. The lowest BCUT2D eigenvalue weighted by molar-refractivity contribution is 0.0773. The second-order valence-corrected chi connectivity index (χ2v) is 7.13. The Balaban J connectivity index is 1.36. The van der Waals surface area contributed by atoms with Gasteiger partial charge in [-0.25, -0.2) is 0 Å². The number of carbonyl (C=O) groups excluding carboxylic acids is 1. The number of nitrogens with one attached hydrogen (secondary N) is 1. The first kappa shape index (κ1) is 16.8. The van der Waals surface area contributed by atoms with E-state index in [-0.39, 0.29) is 5.91 Å². The van der Waals surface area contributed by atoms with E-state index in [0.29, 0.717) is 6.04 Å².